The van der Waals surface area contributed by atoms with Crippen LogP contribution in [0, 0.1) is 0 Å². The van der Waals surface area contributed by atoms with Gasteiger partial charge >= 0.3 is 0 Å². The molecule has 0 amide bonds. The van der Waals surface area contributed by atoms with Crippen LogP contribution in [0.25, 0.3) is 11.3 Å². The van der Waals surface area contributed by atoms with Crippen molar-refractivity contribution in [3.8, 4) is 11.3 Å². The molecule has 0 atom stereocenters. The molecule has 0 aliphatic heterocycles. The summed E-state index contributed by atoms with van der Waals surface area (Å²) in [7, 11) is 0. The standard InChI is InChI=1S/C12H12BrNOS/c1-2-15-7-12-14-11(8-16-12)9-3-5-10(13)6-4-9/h3-6,8H,2,7H2,1H3. The molecule has 0 aliphatic carbocycles. The number of aromatic nitrogens is 1. The Morgan fingerprint density at radius 3 is 2.75 bits per heavy atom. The molecule has 2 aromatic rings. The van der Waals surface area contributed by atoms with Gasteiger partial charge in [-0.05, 0) is 19.1 Å². The molecule has 0 aliphatic rings. The van der Waals surface area contributed by atoms with E-state index < -0.39 is 0 Å². The van der Waals surface area contributed by atoms with Gasteiger partial charge in [-0.15, -0.1) is 11.3 Å². The maximum absolute atomic E-state index is 5.33. The molecular weight excluding hydrogens is 286 g/mol. The molecule has 0 unspecified atom stereocenters. The van der Waals surface area contributed by atoms with Gasteiger partial charge in [-0.1, -0.05) is 28.1 Å². The molecule has 4 heteroatoms. The Labute approximate surface area is 107 Å². The van der Waals surface area contributed by atoms with Gasteiger partial charge in [0, 0.05) is 22.0 Å². The highest BCUT2D eigenvalue weighted by Crippen LogP contribution is 2.23. The first-order chi connectivity index (χ1) is 7.79. The van der Waals surface area contributed by atoms with Crippen molar-refractivity contribution in [2.75, 3.05) is 6.61 Å². The quantitative estimate of drug-likeness (QED) is 0.847. The second-order valence-electron chi connectivity index (χ2n) is 3.27. The van der Waals surface area contributed by atoms with Crippen LogP contribution in [-0.2, 0) is 11.3 Å². The zero-order valence-corrected chi connectivity index (χ0v) is 11.3. The normalized spacial score (nSPS) is 10.6. The van der Waals surface area contributed by atoms with E-state index in [-0.39, 0.29) is 0 Å². The Kier molecular flexibility index (Phi) is 4.09. The lowest BCUT2D eigenvalue weighted by molar-refractivity contribution is 0.134. The molecule has 0 saturated heterocycles. The highest BCUT2D eigenvalue weighted by molar-refractivity contribution is 9.10. The van der Waals surface area contributed by atoms with Gasteiger partial charge in [-0.2, -0.15) is 0 Å². The van der Waals surface area contributed by atoms with E-state index in [0.717, 1.165) is 27.3 Å². The SMILES string of the molecule is CCOCc1nc(-c2ccc(Br)cc2)cs1. The molecule has 1 aromatic carbocycles. The molecular formula is C12H12BrNOS. The highest BCUT2D eigenvalue weighted by atomic mass is 79.9. The van der Waals surface area contributed by atoms with Crippen molar-refractivity contribution in [2.45, 2.75) is 13.5 Å². The minimum absolute atomic E-state index is 0.609. The van der Waals surface area contributed by atoms with E-state index in [1.807, 2.05) is 19.1 Å². The Hall–Kier alpha value is -0.710. The number of hydrogen-bond donors (Lipinski definition) is 0. The Bertz CT molecular complexity index is 452. The van der Waals surface area contributed by atoms with Crippen molar-refractivity contribution >= 4 is 27.3 Å². The maximum atomic E-state index is 5.33. The predicted octanol–water partition coefficient (Wildman–Crippen LogP) is 4.11. The minimum Gasteiger partial charge on any atom is -0.375 e. The number of rotatable bonds is 4. The van der Waals surface area contributed by atoms with Crippen LogP contribution in [0.1, 0.15) is 11.9 Å². The number of hydrogen-bond acceptors (Lipinski definition) is 3. The van der Waals surface area contributed by atoms with Gasteiger partial charge in [0.05, 0.1) is 12.3 Å². The van der Waals surface area contributed by atoms with Crippen molar-refractivity contribution in [3.05, 3.63) is 39.1 Å². The highest BCUT2D eigenvalue weighted by Gasteiger charge is 2.04. The van der Waals surface area contributed by atoms with Crippen LogP contribution >= 0.6 is 27.3 Å². The zero-order valence-electron chi connectivity index (χ0n) is 8.94. The predicted molar refractivity (Wildman–Crippen MR) is 70.6 cm³/mol. The molecule has 0 bridgehead atoms. The molecule has 0 saturated carbocycles. The smallest absolute Gasteiger partial charge is 0.119 e. The van der Waals surface area contributed by atoms with Crippen molar-refractivity contribution in [2.24, 2.45) is 0 Å². The van der Waals surface area contributed by atoms with E-state index in [1.54, 1.807) is 11.3 Å². The number of thiazole rings is 1. The van der Waals surface area contributed by atoms with Gasteiger partial charge in [0.1, 0.15) is 5.01 Å². The fourth-order valence-corrected chi connectivity index (χ4v) is 2.32. The van der Waals surface area contributed by atoms with Gasteiger partial charge in [0.25, 0.3) is 0 Å². The van der Waals surface area contributed by atoms with Crippen LogP contribution < -0.4 is 0 Å². The second-order valence-corrected chi connectivity index (χ2v) is 5.13. The molecule has 0 fully saturated rings. The van der Waals surface area contributed by atoms with E-state index in [1.165, 1.54) is 0 Å². The largest absolute Gasteiger partial charge is 0.375 e. The summed E-state index contributed by atoms with van der Waals surface area (Å²) >= 11 is 5.06. The Morgan fingerprint density at radius 2 is 2.06 bits per heavy atom. The lowest BCUT2D eigenvalue weighted by Crippen LogP contribution is -1.90. The van der Waals surface area contributed by atoms with E-state index in [9.17, 15) is 0 Å². The third kappa shape index (κ3) is 2.90. The second kappa shape index (κ2) is 5.57. The molecule has 16 heavy (non-hydrogen) atoms. The first kappa shape index (κ1) is 11.8. The molecule has 0 radical (unpaired) electrons. The summed E-state index contributed by atoms with van der Waals surface area (Å²) in [4.78, 5) is 4.53. The fourth-order valence-electron chi connectivity index (χ4n) is 1.32. The summed E-state index contributed by atoms with van der Waals surface area (Å²) in [6.45, 7) is 3.33. The average Bonchev–Trinajstić information content (AvgIpc) is 2.76. The van der Waals surface area contributed by atoms with E-state index in [2.05, 4.69) is 38.4 Å². The summed E-state index contributed by atoms with van der Waals surface area (Å²) in [5, 5.41) is 3.09. The van der Waals surface area contributed by atoms with Gasteiger partial charge in [-0.25, -0.2) is 4.98 Å². The average molecular weight is 298 g/mol. The van der Waals surface area contributed by atoms with E-state index in [4.69, 9.17) is 4.74 Å². The lowest BCUT2D eigenvalue weighted by atomic mass is 10.2. The molecule has 84 valence electrons. The van der Waals surface area contributed by atoms with Crippen molar-refractivity contribution in [3.63, 3.8) is 0 Å². The number of nitrogens with zero attached hydrogens (tertiary/aromatic N) is 1. The summed E-state index contributed by atoms with van der Waals surface area (Å²) in [5.74, 6) is 0. The van der Waals surface area contributed by atoms with Gasteiger partial charge in [-0.3, -0.25) is 0 Å². The maximum Gasteiger partial charge on any atom is 0.119 e. The van der Waals surface area contributed by atoms with Crippen LogP contribution in [-0.4, -0.2) is 11.6 Å². The van der Waals surface area contributed by atoms with Crippen LogP contribution in [0.4, 0.5) is 0 Å². The molecule has 0 spiro atoms. The zero-order chi connectivity index (χ0) is 11.4. The summed E-state index contributed by atoms with van der Waals surface area (Å²) in [5.41, 5.74) is 2.16. The molecule has 1 aromatic heterocycles. The fraction of sp³-hybridized carbons (Fsp3) is 0.250. The summed E-state index contributed by atoms with van der Waals surface area (Å²) in [6, 6.07) is 8.17. The van der Waals surface area contributed by atoms with Gasteiger partial charge < -0.3 is 4.74 Å². The lowest BCUT2D eigenvalue weighted by Gasteiger charge is -1.97. The molecule has 2 rings (SSSR count). The van der Waals surface area contributed by atoms with Crippen LogP contribution in [0.2, 0.25) is 0 Å². The van der Waals surface area contributed by atoms with Crippen molar-refractivity contribution in [1.29, 1.82) is 0 Å². The number of halogens is 1. The first-order valence-corrected chi connectivity index (χ1v) is 6.75. The Morgan fingerprint density at radius 1 is 1.31 bits per heavy atom. The molecule has 0 N–H and O–H groups in total. The Balaban J connectivity index is 2.15. The van der Waals surface area contributed by atoms with E-state index >= 15 is 0 Å². The van der Waals surface area contributed by atoms with Gasteiger partial charge in [0.2, 0.25) is 0 Å². The van der Waals surface area contributed by atoms with Crippen LogP contribution in [0.3, 0.4) is 0 Å². The van der Waals surface area contributed by atoms with E-state index in [0.29, 0.717) is 6.61 Å². The first-order valence-electron chi connectivity index (χ1n) is 5.07. The van der Waals surface area contributed by atoms with Gasteiger partial charge in [0.15, 0.2) is 0 Å². The minimum atomic E-state index is 0.609. The van der Waals surface area contributed by atoms with Crippen molar-refractivity contribution in [1.82, 2.24) is 4.98 Å². The number of ether oxygens (including phenoxy) is 1. The topological polar surface area (TPSA) is 22.1 Å². The van der Waals surface area contributed by atoms with Crippen LogP contribution in [0.5, 0.6) is 0 Å². The van der Waals surface area contributed by atoms with Crippen LogP contribution in [0.15, 0.2) is 34.1 Å². The number of benzene rings is 1. The molecule has 1 heterocycles. The third-order valence-corrected chi connectivity index (χ3v) is 3.47. The summed E-state index contributed by atoms with van der Waals surface area (Å²) in [6.07, 6.45) is 0. The third-order valence-electron chi connectivity index (χ3n) is 2.12. The molecule has 2 nitrogen and oxygen atoms in total. The van der Waals surface area contributed by atoms with Crippen molar-refractivity contribution < 1.29 is 4.74 Å². The summed E-state index contributed by atoms with van der Waals surface area (Å²) < 4.78 is 6.41. The monoisotopic (exact) mass is 297 g/mol.